The lowest BCUT2D eigenvalue weighted by molar-refractivity contribution is -0.152. The number of thioether (sulfide) groups is 1. The molecule has 0 radical (unpaired) electrons. The van der Waals surface area contributed by atoms with E-state index in [-0.39, 0.29) is 11.3 Å². The summed E-state index contributed by atoms with van der Waals surface area (Å²) >= 11 is 1.40. The number of rotatable bonds is 4. The van der Waals surface area contributed by atoms with Crippen LogP contribution in [-0.2, 0) is 9.59 Å². The molecule has 0 aromatic rings. The SMILES string of the molecule is CC(SC[C@H]1C(=O)C[C@H]2C[C@@H]1C2(C)C)C(=O)O. The van der Waals surface area contributed by atoms with Gasteiger partial charge in [-0.1, -0.05) is 13.8 Å². The van der Waals surface area contributed by atoms with Gasteiger partial charge in [-0.05, 0) is 30.6 Å². The number of fused-ring (bicyclic) bond motifs is 2. The van der Waals surface area contributed by atoms with Crippen LogP contribution in [0, 0.1) is 23.2 Å². The third-order valence-corrected chi connectivity index (χ3v) is 6.02. The Kier molecular flexibility index (Phi) is 3.27. The quantitative estimate of drug-likeness (QED) is 0.839. The van der Waals surface area contributed by atoms with Gasteiger partial charge in [0.2, 0.25) is 0 Å². The first-order chi connectivity index (χ1) is 7.84. The average Bonchev–Trinajstić information content (AvgIpc) is 2.26. The third kappa shape index (κ3) is 2.12. The van der Waals surface area contributed by atoms with Crippen LogP contribution in [0.5, 0.6) is 0 Å². The zero-order valence-corrected chi connectivity index (χ0v) is 11.4. The maximum Gasteiger partial charge on any atom is 0.316 e. The molecule has 0 amide bonds. The van der Waals surface area contributed by atoms with Crippen LogP contribution in [0.3, 0.4) is 0 Å². The van der Waals surface area contributed by atoms with Crippen molar-refractivity contribution in [3.05, 3.63) is 0 Å². The summed E-state index contributed by atoms with van der Waals surface area (Å²) in [4.78, 5) is 22.7. The number of carboxylic acid groups (broad SMARTS) is 1. The molecule has 4 atom stereocenters. The van der Waals surface area contributed by atoms with Crippen LogP contribution in [0.4, 0.5) is 0 Å². The number of carboxylic acids is 1. The predicted molar refractivity (Wildman–Crippen MR) is 68.0 cm³/mol. The van der Waals surface area contributed by atoms with Crippen LogP contribution >= 0.6 is 11.8 Å². The molecule has 0 aromatic heterocycles. The summed E-state index contributed by atoms with van der Waals surface area (Å²) < 4.78 is 0. The molecule has 3 rings (SSSR count). The Bertz CT molecular complexity index is 351. The molecular formula is C13H20O3S. The number of hydrogen-bond donors (Lipinski definition) is 1. The summed E-state index contributed by atoms with van der Waals surface area (Å²) in [6.45, 7) is 6.18. The second-order valence-electron chi connectivity index (χ2n) is 5.95. The molecule has 0 heterocycles. The molecule has 3 aliphatic carbocycles. The highest BCUT2D eigenvalue weighted by molar-refractivity contribution is 8.00. The number of aliphatic carboxylic acids is 1. The average molecular weight is 256 g/mol. The minimum Gasteiger partial charge on any atom is -0.480 e. The normalized spacial score (nSPS) is 36.2. The largest absolute Gasteiger partial charge is 0.480 e. The van der Waals surface area contributed by atoms with Gasteiger partial charge in [-0.3, -0.25) is 9.59 Å². The molecule has 3 saturated carbocycles. The molecule has 3 fully saturated rings. The summed E-state index contributed by atoms with van der Waals surface area (Å²) in [7, 11) is 0. The minimum atomic E-state index is -0.788. The molecule has 3 aliphatic rings. The first kappa shape index (κ1) is 12.9. The van der Waals surface area contributed by atoms with Crippen molar-refractivity contribution in [3.8, 4) is 0 Å². The van der Waals surface area contributed by atoms with Gasteiger partial charge in [0.25, 0.3) is 0 Å². The number of Topliss-reactive ketones (excluding diaryl/α,β-unsaturated/α-hetero) is 1. The number of carbonyl (C=O) groups excluding carboxylic acids is 1. The molecule has 96 valence electrons. The lowest BCUT2D eigenvalue weighted by atomic mass is 9.45. The third-order valence-electron chi connectivity index (χ3n) is 4.77. The van der Waals surface area contributed by atoms with Crippen molar-refractivity contribution in [1.29, 1.82) is 0 Å². The Balaban J connectivity index is 1.96. The van der Waals surface area contributed by atoms with E-state index in [4.69, 9.17) is 5.11 Å². The molecule has 2 bridgehead atoms. The van der Waals surface area contributed by atoms with E-state index in [9.17, 15) is 9.59 Å². The van der Waals surface area contributed by atoms with E-state index in [0.29, 0.717) is 29.8 Å². The smallest absolute Gasteiger partial charge is 0.316 e. The molecule has 0 aromatic carbocycles. The molecule has 0 aliphatic heterocycles. The molecule has 0 spiro atoms. The van der Waals surface area contributed by atoms with Crippen LogP contribution in [0.2, 0.25) is 0 Å². The van der Waals surface area contributed by atoms with Crippen LogP contribution in [0.25, 0.3) is 0 Å². The molecule has 1 unspecified atom stereocenters. The highest BCUT2D eigenvalue weighted by Gasteiger charge is 2.57. The standard InChI is InChI=1S/C13H20O3S/c1-7(12(15)16)17-6-9-10-4-8(5-11(9)14)13(10,2)3/h7-10H,4-6H2,1-3H3,(H,15,16)/t7?,8-,9-,10+/m1/s1. The Morgan fingerprint density at radius 1 is 1.59 bits per heavy atom. The molecule has 17 heavy (non-hydrogen) atoms. The van der Waals surface area contributed by atoms with Crippen molar-refractivity contribution in [2.45, 2.75) is 38.9 Å². The van der Waals surface area contributed by atoms with Gasteiger partial charge in [-0.15, -0.1) is 11.8 Å². The van der Waals surface area contributed by atoms with E-state index in [0.717, 1.165) is 6.42 Å². The van der Waals surface area contributed by atoms with E-state index >= 15 is 0 Å². The van der Waals surface area contributed by atoms with Crippen molar-refractivity contribution in [1.82, 2.24) is 0 Å². The van der Waals surface area contributed by atoms with Gasteiger partial charge < -0.3 is 5.11 Å². The molecule has 3 nitrogen and oxygen atoms in total. The Morgan fingerprint density at radius 2 is 2.24 bits per heavy atom. The van der Waals surface area contributed by atoms with E-state index < -0.39 is 11.2 Å². The molecular weight excluding hydrogens is 236 g/mol. The maximum absolute atomic E-state index is 11.9. The number of hydrogen-bond acceptors (Lipinski definition) is 3. The molecule has 4 heteroatoms. The zero-order chi connectivity index (χ0) is 12.8. The Hall–Kier alpha value is -0.510. The van der Waals surface area contributed by atoms with Crippen LogP contribution in [0.15, 0.2) is 0 Å². The monoisotopic (exact) mass is 256 g/mol. The van der Waals surface area contributed by atoms with Crippen molar-refractivity contribution in [2.24, 2.45) is 23.2 Å². The minimum absolute atomic E-state index is 0.0850. The van der Waals surface area contributed by atoms with Crippen molar-refractivity contribution in [3.63, 3.8) is 0 Å². The lowest BCUT2D eigenvalue weighted by Gasteiger charge is -2.59. The van der Waals surface area contributed by atoms with Crippen molar-refractivity contribution in [2.75, 3.05) is 5.75 Å². The zero-order valence-electron chi connectivity index (χ0n) is 10.6. The molecule has 1 N–H and O–H groups in total. The highest BCUT2D eigenvalue weighted by atomic mass is 32.2. The number of carbonyl (C=O) groups is 2. The summed E-state index contributed by atoms with van der Waals surface area (Å²) in [5.41, 5.74) is 0.283. The van der Waals surface area contributed by atoms with E-state index in [1.807, 2.05) is 0 Å². The van der Waals surface area contributed by atoms with E-state index in [2.05, 4.69) is 13.8 Å². The van der Waals surface area contributed by atoms with Gasteiger partial charge >= 0.3 is 5.97 Å². The van der Waals surface area contributed by atoms with Crippen LogP contribution in [0.1, 0.15) is 33.6 Å². The Morgan fingerprint density at radius 3 is 2.76 bits per heavy atom. The van der Waals surface area contributed by atoms with Gasteiger partial charge in [0.1, 0.15) is 5.78 Å². The second-order valence-corrected chi connectivity index (χ2v) is 7.32. The van der Waals surface area contributed by atoms with E-state index in [1.54, 1.807) is 6.92 Å². The van der Waals surface area contributed by atoms with Gasteiger partial charge in [0.05, 0.1) is 5.25 Å². The topological polar surface area (TPSA) is 54.4 Å². The van der Waals surface area contributed by atoms with Gasteiger partial charge in [-0.2, -0.15) is 0 Å². The second kappa shape index (κ2) is 4.30. The fraction of sp³-hybridized carbons (Fsp3) is 0.846. The van der Waals surface area contributed by atoms with Gasteiger partial charge in [-0.25, -0.2) is 0 Å². The number of ketones is 1. The molecule has 0 saturated heterocycles. The maximum atomic E-state index is 11.9. The fourth-order valence-electron chi connectivity index (χ4n) is 3.23. The van der Waals surface area contributed by atoms with Crippen LogP contribution < -0.4 is 0 Å². The summed E-state index contributed by atoms with van der Waals surface area (Å²) in [6.07, 6.45) is 1.86. The van der Waals surface area contributed by atoms with Crippen LogP contribution in [-0.4, -0.2) is 27.9 Å². The highest BCUT2D eigenvalue weighted by Crippen LogP contribution is 2.60. The van der Waals surface area contributed by atoms with Gasteiger partial charge in [0.15, 0.2) is 0 Å². The van der Waals surface area contributed by atoms with E-state index in [1.165, 1.54) is 11.8 Å². The summed E-state index contributed by atoms with van der Waals surface area (Å²) in [5, 5.41) is 8.44. The lowest BCUT2D eigenvalue weighted by Crippen LogP contribution is -2.56. The fourth-order valence-corrected chi connectivity index (χ4v) is 4.29. The summed E-state index contributed by atoms with van der Waals surface area (Å²) in [6, 6.07) is 0. The Labute approximate surface area is 106 Å². The van der Waals surface area contributed by atoms with Gasteiger partial charge in [0, 0.05) is 18.1 Å². The summed E-state index contributed by atoms with van der Waals surface area (Å²) in [5.74, 6) is 1.37. The predicted octanol–water partition coefficient (Wildman–Crippen LogP) is 2.44. The first-order valence-electron chi connectivity index (χ1n) is 6.21. The van der Waals surface area contributed by atoms with Crippen molar-refractivity contribution >= 4 is 23.5 Å². The first-order valence-corrected chi connectivity index (χ1v) is 7.26. The van der Waals surface area contributed by atoms with Crippen molar-refractivity contribution < 1.29 is 14.7 Å².